The number of aromatic nitrogens is 3. The first-order chi connectivity index (χ1) is 13.0. The Morgan fingerprint density at radius 3 is 2.21 bits per heavy atom. The van der Waals surface area contributed by atoms with E-state index in [0.29, 0.717) is 0 Å². The van der Waals surface area contributed by atoms with Crippen LogP contribution >= 0.6 is 0 Å². The first kappa shape index (κ1) is 21.5. The van der Waals surface area contributed by atoms with Crippen LogP contribution in [0.4, 0.5) is 10.7 Å². The number of nitrogens with zero attached hydrogens (tertiary/aromatic N) is 3. The monoisotopic (exact) mass is 429 g/mol. The molecule has 0 unspecified atom stereocenters. The molecule has 0 fully saturated rings. The van der Waals surface area contributed by atoms with Gasteiger partial charge in [0.15, 0.2) is 9.84 Å². The number of sulfonamides is 1. The number of hydrogen-bond donors (Lipinski definition) is 2. The van der Waals surface area contributed by atoms with Gasteiger partial charge in [-0.3, -0.25) is 5.32 Å². The first-order valence-electron chi connectivity index (χ1n) is 7.90. The number of carbonyl (C=O) groups is 1. The molecule has 28 heavy (non-hydrogen) atoms. The molecule has 0 aliphatic heterocycles. The van der Waals surface area contributed by atoms with Crippen molar-refractivity contribution >= 4 is 31.8 Å². The molecule has 2 amide bonds. The van der Waals surface area contributed by atoms with Crippen molar-refractivity contribution in [3.8, 4) is 6.01 Å². The van der Waals surface area contributed by atoms with Gasteiger partial charge < -0.3 is 4.74 Å². The number of ether oxygens (including phenoxy) is 1. The number of carbonyl (C=O) groups excluding carboxylic acids is 1. The Bertz CT molecular complexity index is 1100. The summed E-state index contributed by atoms with van der Waals surface area (Å²) in [5.74, 6) is -0.00137. The summed E-state index contributed by atoms with van der Waals surface area (Å²) in [6.45, 7) is 4.38. The van der Waals surface area contributed by atoms with Crippen molar-refractivity contribution in [2.24, 2.45) is 0 Å². The Labute approximate surface area is 162 Å². The standard InChI is InChI=1S/C15H19N5O6S2/c1-9(2)27(22,23)11-7-5-6-8-12(11)28(24,25)20-14(21)18-13-16-10(3)17-15(19-13)26-4/h5-9H,1-4H3,(H2,16,17,18,19,20,21). The third kappa shape index (κ3) is 4.72. The van der Waals surface area contributed by atoms with Crippen LogP contribution in [0.2, 0.25) is 0 Å². The molecule has 0 aliphatic rings. The number of nitrogens with one attached hydrogen (secondary N) is 2. The molecule has 1 aromatic carbocycles. The number of benzene rings is 1. The second kappa shape index (κ2) is 8.06. The smallest absolute Gasteiger partial charge is 0.335 e. The van der Waals surface area contributed by atoms with Crippen molar-refractivity contribution in [3.05, 3.63) is 30.1 Å². The average molecular weight is 429 g/mol. The highest BCUT2D eigenvalue weighted by Gasteiger charge is 2.29. The van der Waals surface area contributed by atoms with E-state index in [1.165, 1.54) is 46.1 Å². The minimum atomic E-state index is -4.50. The molecule has 2 rings (SSSR count). The van der Waals surface area contributed by atoms with Gasteiger partial charge in [-0.2, -0.15) is 15.0 Å². The van der Waals surface area contributed by atoms with Gasteiger partial charge in [-0.15, -0.1) is 0 Å². The molecule has 11 nitrogen and oxygen atoms in total. The lowest BCUT2D eigenvalue weighted by Crippen LogP contribution is -2.36. The van der Waals surface area contributed by atoms with E-state index in [4.69, 9.17) is 4.74 Å². The van der Waals surface area contributed by atoms with Gasteiger partial charge >= 0.3 is 12.0 Å². The molecule has 0 bridgehead atoms. The Kier molecular flexibility index (Phi) is 6.19. The molecule has 0 spiro atoms. The Morgan fingerprint density at radius 2 is 1.64 bits per heavy atom. The quantitative estimate of drug-likeness (QED) is 0.680. The third-order valence-electron chi connectivity index (χ3n) is 3.43. The fourth-order valence-electron chi connectivity index (χ4n) is 2.07. The van der Waals surface area contributed by atoms with E-state index in [-0.39, 0.29) is 17.8 Å². The summed E-state index contributed by atoms with van der Waals surface area (Å²) in [5, 5.41) is 1.29. The highest BCUT2D eigenvalue weighted by Crippen LogP contribution is 2.24. The molecule has 0 saturated carbocycles. The summed E-state index contributed by atoms with van der Waals surface area (Å²) in [7, 11) is -7.08. The zero-order valence-corrected chi connectivity index (χ0v) is 17.1. The number of amides is 2. The van der Waals surface area contributed by atoms with Gasteiger partial charge in [0.2, 0.25) is 5.95 Å². The molecule has 0 radical (unpaired) electrons. The van der Waals surface area contributed by atoms with Crippen molar-refractivity contribution in [1.82, 2.24) is 19.7 Å². The normalized spacial score (nSPS) is 11.9. The number of methoxy groups -OCH3 is 1. The molecular weight excluding hydrogens is 410 g/mol. The topological polar surface area (TPSA) is 157 Å². The molecule has 1 aromatic heterocycles. The Hall–Kier alpha value is -2.80. The van der Waals surface area contributed by atoms with Gasteiger partial charge in [-0.25, -0.2) is 26.4 Å². The van der Waals surface area contributed by atoms with Crippen LogP contribution < -0.4 is 14.8 Å². The summed E-state index contributed by atoms with van der Waals surface area (Å²) >= 11 is 0. The predicted molar refractivity (Wildman–Crippen MR) is 99.2 cm³/mol. The summed E-state index contributed by atoms with van der Waals surface area (Å²) in [5.41, 5.74) is 0. The van der Waals surface area contributed by atoms with E-state index in [1.807, 2.05) is 0 Å². The van der Waals surface area contributed by atoms with Crippen LogP contribution in [0.25, 0.3) is 0 Å². The number of hydrogen-bond acceptors (Lipinski definition) is 9. The van der Waals surface area contributed by atoms with E-state index in [0.717, 1.165) is 6.07 Å². The Balaban J connectivity index is 2.32. The van der Waals surface area contributed by atoms with Crippen LogP contribution in [0.3, 0.4) is 0 Å². The van der Waals surface area contributed by atoms with Crippen molar-refractivity contribution in [2.45, 2.75) is 35.8 Å². The fourth-order valence-corrected chi connectivity index (χ4v) is 4.87. The second-order valence-corrected chi connectivity index (χ2v) is 9.92. The van der Waals surface area contributed by atoms with Crippen LogP contribution in [0.5, 0.6) is 6.01 Å². The van der Waals surface area contributed by atoms with Gasteiger partial charge in [0.05, 0.1) is 17.3 Å². The lowest BCUT2D eigenvalue weighted by Gasteiger charge is -2.14. The number of anilines is 1. The van der Waals surface area contributed by atoms with E-state index in [2.05, 4.69) is 20.3 Å². The van der Waals surface area contributed by atoms with Crippen LogP contribution in [-0.4, -0.2) is 50.2 Å². The highest BCUT2D eigenvalue weighted by molar-refractivity contribution is 7.94. The van der Waals surface area contributed by atoms with Gasteiger partial charge in [0, 0.05) is 0 Å². The largest absolute Gasteiger partial charge is 0.467 e. The minimum Gasteiger partial charge on any atom is -0.467 e. The molecule has 0 atom stereocenters. The summed E-state index contributed by atoms with van der Waals surface area (Å²) in [6.07, 6.45) is 0. The number of aryl methyl sites for hydroxylation is 1. The number of urea groups is 1. The molecule has 2 aromatic rings. The zero-order valence-electron chi connectivity index (χ0n) is 15.5. The predicted octanol–water partition coefficient (Wildman–Crippen LogP) is 0.881. The molecule has 1 heterocycles. The summed E-state index contributed by atoms with van der Waals surface area (Å²) in [6, 6.07) is 3.77. The maximum atomic E-state index is 12.6. The molecule has 0 saturated heterocycles. The van der Waals surface area contributed by atoms with E-state index >= 15 is 0 Å². The van der Waals surface area contributed by atoms with Crippen molar-refractivity contribution in [3.63, 3.8) is 0 Å². The molecule has 13 heteroatoms. The van der Waals surface area contributed by atoms with Crippen molar-refractivity contribution < 1.29 is 26.4 Å². The van der Waals surface area contributed by atoms with Crippen LogP contribution in [0.15, 0.2) is 34.1 Å². The highest BCUT2D eigenvalue weighted by atomic mass is 32.2. The summed E-state index contributed by atoms with van der Waals surface area (Å²) in [4.78, 5) is 22.6. The first-order valence-corrected chi connectivity index (χ1v) is 10.9. The van der Waals surface area contributed by atoms with Gasteiger partial charge in [-0.05, 0) is 32.9 Å². The average Bonchev–Trinajstić information content (AvgIpc) is 2.60. The van der Waals surface area contributed by atoms with E-state index in [1.54, 1.807) is 4.72 Å². The molecule has 2 N–H and O–H groups in total. The van der Waals surface area contributed by atoms with Gasteiger partial charge in [0.1, 0.15) is 10.7 Å². The van der Waals surface area contributed by atoms with Crippen LogP contribution in [0.1, 0.15) is 19.7 Å². The van der Waals surface area contributed by atoms with Gasteiger partial charge in [-0.1, -0.05) is 12.1 Å². The lowest BCUT2D eigenvalue weighted by molar-refractivity contribution is 0.256. The molecule has 0 aliphatic carbocycles. The third-order valence-corrected chi connectivity index (χ3v) is 7.16. The fraction of sp³-hybridized carbons (Fsp3) is 0.333. The van der Waals surface area contributed by atoms with Crippen molar-refractivity contribution in [1.29, 1.82) is 0 Å². The van der Waals surface area contributed by atoms with Gasteiger partial charge in [0.25, 0.3) is 10.0 Å². The van der Waals surface area contributed by atoms with E-state index < -0.39 is 40.9 Å². The second-order valence-electron chi connectivity index (χ2n) is 5.79. The number of sulfone groups is 1. The maximum absolute atomic E-state index is 12.6. The molecule has 152 valence electrons. The van der Waals surface area contributed by atoms with Crippen molar-refractivity contribution in [2.75, 3.05) is 12.4 Å². The lowest BCUT2D eigenvalue weighted by atomic mass is 10.4. The molecular formula is C15H19N5O6S2. The number of rotatable bonds is 6. The van der Waals surface area contributed by atoms with Crippen LogP contribution in [-0.2, 0) is 19.9 Å². The van der Waals surface area contributed by atoms with Crippen LogP contribution in [0, 0.1) is 6.92 Å². The Morgan fingerprint density at radius 1 is 1.04 bits per heavy atom. The van der Waals surface area contributed by atoms with E-state index in [9.17, 15) is 21.6 Å². The maximum Gasteiger partial charge on any atom is 0.335 e. The minimum absolute atomic E-state index is 0.0703. The zero-order chi connectivity index (χ0) is 21.1. The summed E-state index contributed by atoms with van der Waals surface area (Å²) < 4.78 is 56.7. The SMILES string of the molecule is COc1nc(C)nc(NC(=O)NS(=O)(=O)c2ccccc2S(=O)(=O)C(C)C)n1.